The smallest absolute Gasteiger partial charge is 0.353 e. The van der Waals surface area contributed by atoms with E-state index in [2.05, 4.69) is 12.0 Å². The first-order valence-electron chi connectivity index (χ1n) is 6.26. The number of carbonyl (C=O) groups is 1. The van der Waals surface area contributed by atoms with E-state index in [9.17, 15) is 9.59 Å². The lowest BCUT2D eigenvalue weighted by Crippen LogP contribution is -2.13. The summed E-state index contributed by atoms with van der Waals surface area (Å²) in [4.78, 5) is 22.5. The summed E-state index contributed by atoms with van der Waals surface area (Å²) in [5.74, 6) is -1.14. The van der Waals surface area contributed by atoms with Crippen LogP contribution in [0.4, 0.5) is 0 Å². The molecule has 0 unspecified atom stereocenters. The second kappa shape index (κ2) is 5.56. The van der Waals surface area contributed by atoms with Gasteiger partial charge in [0.1, 0.15) is 5.69 Å². The summed E-state index contributed by atoms with van der Waals surface area (Å²) in [6, 6.07) is 8.62. The number of rotatable bonds is 5. The largest absolute Gasteiger partial charge is 0.477 e. The van der Waals surface area contributed by atoms with Crippen LogP contribution in [-0.4, -0.2) is 20.9 Å². The van der Waals surface area contributed by atoms with Gasteiger partial charge in [-0.2, -0.15) is 0 Å². The first-order chi connectivity index (χ1) is 9.11. The normalized spacial score (nSPS) is 10.6. The summed E-state index contributed by atoms with van der Waals surface area (Å²) >= 11 is 0. The number of hydrogen-bond acceptors (Lipinski definition) is 2. The number of nitrogens with zero attached hydrogens (tertiary/aromatic N) is 1. The van der Waals surface area contributed by atoms with Crippen molar-refractivity contribution < 1.29 is 9.90 Å². The van der Waals surface area contributed by atoms with Crippen molar-refractivity contribution in [2.45, 2.75) is 26.2 Å². The molecular weight excluding hydrogens is 244 g/mol. The highest BCUT2D eigenvalue weighted by atomic mass is 16.4. The number of aryl methyl sites for hydroxylation is 1. The predicted octanol–water partition coefficient (Wildman–Crippen LogP) is 2.21. The number of carboxylic acids is 1. The third-order valence-corrected chi connectivity index (χ3v) is 2.96. The lowest BCUT2D eigenvalue weighted by atomic mass is 10.1. The van der Waals surface area contributed by atoms with Crippen LogP contribution in [0.1, 0.15) is 35.8 Å². The van der Waals surface area contributed by atoms with Gasteiger partial charge in [-0.25, -0.2) is 9.48 Å². The van der Waals surface area contributed by atoms with Crippen LogP contribution in [0.5, 0.6) is 0 Å². The van der Waals surface area contributed by atoms with Gasteiger partial charge < -0.3 is 5.11 Å². The van der Waals surface area contributed by atoms with Crippen molar-refractivity contribution in [3.05, 3.63) is 51.9 Å². The Morgan fingerprint density at radius 1 is 1.32 bits per heavy atom. The van der Waals surface area contributed by atoms with Crippen LogP contribution in [0.3, 0.4) is 0 Å². The van der Waals surface area contributed by atoms with E-state index in [-0.39, 0.29) is 11.3 Å². The highest BCUT2D eigenvalue weighted by Crippen LogP contribution is 2.10. The number of aromatic nitrogens is 2. The van der Waals surface area contributed by atoms with E-state index < -0.39 is 5.97 Å². The predicted molar refractivity (Wildman–Crippen MR) is 72.0 cm³/mol. The van der Waals surface area contributed by atoms with Gasteiger partial charge in [0.25, 0.3) is 5.56 Å². The molecule has 0 aliphatic carbocycles. The topological polar surface area (TPSA) is 75.1 Å². The Hall–Kier alpha value is -2.30. The zero-order valence-electron chi connectivity index (χ0n) is 10.7. The summed E-state index contributed by atoms with van der Waals surface area (Å²) in [6.07, 6.45) is 3.28. The molecule has 2 N–H and O–H groups in total. The van der Waals surface area contributed by atoms with Crippen molar-refractivity contribution >= 4 is 5.97 Å². The fraction of sp³-hybridized carbons (Fsp3) is 0.286. The molecule has 0 saturated carbocycles. The number of H-pyrrole nitrogens is 1. The molecule has 0 bridgehead atoms. The Morgan fingerprint density at radius 2 is 2.00 bits per heavy atom. The average Bonchev–Trinajstić information content (AvgIpc) is 2.79. The number of benzene rings is 1. The summed E-state index contributed by atoms with van der Waals surface area (Å²) < 4.78 is 1.23. The molecule has 1 heterocycles. The minimum Gasteiger partial charge on any atom is -0.477 e. The number of carboxylic acid groups (broad SMARTS) is 1. The van der Waals surface area contributed by atoms with Crippen LogP contribution >= 0.6 is 0 Å². The van der Waals surface area contributed by atoms with Crippen LogP contribution in [0.15, 0.2) is 35.1 Å². The molecule has 0 spiro atoms. The summed E-state index contributed by atoms with van der Waals surface area (Å²) in [7, 11) is 0. The van der Waals surface area contributed by atoms with Crippen molar-refractivity contribution in [2.24, 2.45) is 0 Å². The van der Waals surface area contributed by atoms with Gasteiger partial charge in [-0.15, -0.1) is 0 Å². The lowest BCUT2D eigenvalue weighted by molar-refractivity contribution is 0.0690. The van der Waals surface area contributed by atoms with E-state index >= 15 is 0 Å². The van der Waals surface area contributed by atoms with E-state index in [1.54, 1.807) is 0 Å². The van der Waals surface area contributed by atoms with E-state index in [0.29, 0.717) is 5.69 Å². The van der Waals surface area contributed by atoms with Gasteiger partial charge in [-0.05, 0) is 30.5 Å². The molecule has 0 saturated heterocycles. The molecule has 5 nitrogen and oxygen atoms in total. The minimum absolute atomic E-state index is 0.111. The van der Waals surface area contributed by atoms with E-state index in [1.165, 1.54) is 10.2 Å². The number of unbranched alkanes of at least 4 members (excludes halogenated alkanes) is 1. The van der Waals surface area contributed by atoms with Crippen LogP contribution in [0.2, 0.25) is 0 Å². The highest BCUT2D eigenvalue weighted by Gasteiger charge is 2.10. The number of hydrogen-bond donors (Lipinski definition) is 2. The molecular formula is C14H16N2O3. The molecule has 19 heavy (non-hydrogen) atoms. The standard InChI is InChI=1S/C14H16N2O3/c1-2-3-4-10-5-7-11(8-6-10)16-13(17)9-12(15-16)14(18)19/h5-9,15H,2-4H2,1H3,(H,18,19). The number of nitrogens with one attached hydrogen (secondary N) is 1. The Labute approximate surface area is 110 Å². The molecule has 0 amide bonds. The van der Waals surface area contributed by atoms with E-state index in [1.807, 2.05) is 24.3 Å². The van der Waals surface area contributed by atoms with Crippen molar-refractivity contribution in [2.75, 3.05) is 0 Å². The summed E-state index contributed by atoms with van der Waals surface area (Å²) in [5.41, 5.74) is 1.36. The van der Waals surface area contributed by atoms with Gasteiger partial charge >= 0.3 is 5.97 Å². The van der Waals surface area contributed by atoms with Gasteiger partial charge in [-0.1, -0.05) is 25.5 Å². The molecule has 0 aliphatic rings. The fourth-order valence-electron chi connectivity index (χ4n) is 1.89. The van der Waals surface area contributed by atoms with Gasteiger partial charge in [0, 0.05) is 6.07 Å². The zero-order valence-corrected chi connectivity index (χ0v) is 10.7. The monoisotopic (exact) mass is 260 g/mol. The minimum atomic E-state index is -1.14. The van der Waals surface area contributed by atoms with Gasteiger partial charge in [0.05, 0.1) is 5.69 Å². The fourth-order valence-corrected chi connectivity index (χ4v) is 1.89. The maximum absolute atomic E-state index is 11.7. The molecule has 0 fully saturated rings. The van der Waals surface area contributed by atoms with Crippen molar-refractivity contribution in [3.63, 3.8) is 0 Å². The second-order valence-corrected chi connectivity index (χ2v) is 4.42. The Morgan fingerprint density at radius 3 is 2.53 bits per heavy atom. The SMILES string of the molecule is CCCCc1ccc(-n2[nH]c(C(=O)O)cc2=O)cc1. The van der Waals surface area contributed by atoms with Crippen molar-refractivity contribution in [3.8, 4) is 5.69 Å². The maximum atomic E-state index is 11.7. The van der Waals surface area contributed by atoms with Crippen molar-refractivity contribution in [1.29, 1.82) is 0 Å². The molecule has 5 heteroatoms. The number of aromatic amines is 1. The maximum Gasteiger partial charge on any atom is 0.353 e. The van der Waals surface area contributed by atoms with E-state index in [4.69, 9.17) is 5.11 Å². The lowest BCUT2D eigenvalue weighted by Gasteiger charge is -2.04. The van der Waals surface area contributed by atoms with Crippen LogP contribution in [-0.2, 0) is 6.42 Å². The van der Waals surface area contributed by atoms with Crippen LogP contribution in [0, 0.1) is 0 Å². The van der Waals surface area contributed by atoms with Gasteiger partial charge in [-0.3, -0.25) is 9.89 Å². The molecule has 2 aromatic rings. The van der Waals surface area contributed by atoms with Crippen LogP contribution in [0.25, 0.3) is 5.69 Å². The van der Waals surface area contributed by atoms with Crippen LogP contribution < -0.4 is 5.56 Å². The third-order valence-electron chi connectivity index (χ3n) is 2.96. The van der Waals surface area contributed by atoms with Crippen molar-refractivity contribution in [1.82, 2.24) is 9.78 Å². The summed E-state index contributed by atoms with van der Waals surface area (Å²) in [5, 5.41) is 11.4. The Bertz CT molecular complexity index is 623. The molecule has 0 aliphatic heterocycles. The first kappa shape index (κ1) is 13.1. The molecule has 0 atom stereocenters. The first-order valence-corrected chi connectivity index (χ1v) is 6.26. The van der Waals surface area contributed by atoms with E-state index in [0.717, 1.165) is 25.3 Å². The number of aromatic carboxylic acids is 1. The van der Waals surface area contributed by atoms with Gasteiger partial charge in [0.2, 0.25) is 0 Å². The highest BCUT2D eigenvalue weighted by molar-refractivity contribution is 5.85. The third kappa shape index (κ3) is 2.93. The molecule has 100 valence electrons. The average molecular weight is 260 g/mol. The summed E-state index contributed by atoms with van der Waals surface area (Å²) in [6.45, 7) is 2.14. The Kier molecular flexibility index (Phi) is 3.85. The molecule has 2 rings (SSSR count). The molecule has 1 aromatic heterocycles. The second-order valence-electron chi connectivity index (χ2n) is 4.42. The Balaban J connectivity index is 2.27. The quantitative estimate of drug-likeness (QED) is 0.865. The zero-order chi connectivity index (χ0) is 13.8. The molecule has 1 aromatic carbocycles. The molecule has 0 radical (unpaired) electrons. The van der Waals surface area contributed by atoms with Gasteiger partial charge in [0.15, 0.2) is 0 Å².